The molecule has 1 atom stereocenters. The predicted octanol–water partition coefficient (Wildman–Crippen LogP) is 6.56. The molecule has 182 valence electrons. The summed E-state index contributed by atoms with van der Waals surface area (Å²) < 4.78 is 11.2. The lowest BCUT2D eigenvalue weighted by molar-refractivity contribution is 0.0508. The van der Waals surface area contributed by atoms with Gasteiger partial charge < -0.3 is 19.8 Å². The molecule has 0 spiro atoms. The van der Waals surface area contributed by atoms with E-state index in [1.165, 1.54) is 0 Å². The molecule has 0 saturated carbocycles. The van der Waals surface area contributed by atoms with E-state index >= 15 is 0 Å². The van der Waals surface area contributed by atoms with E-state index < -0.39 is 11.7 Å². The first kappa shape index (κ1) is 24.3. The zero-order chi connectivity index (χ0) is 25.5. The lowest BCUT2D eigenvalue weighted by atomic mass is 9.92. The first-order valence-electron chi connectivity index (χ1n) is 11.7. The van der Waals surface area contributed by atoms with Crippen molar-refractivity contribution in [3.8, 4) is 16.9 Å². The van der Waals surface area contributed by atoms with Crippen LogP contribution in [0.15, 0.2) is 53.3 Å². The number of H-pyrrole nitrogens is 1. The zero-order valence-electron chi connectivity index (χ0n) is 21.3. The third kappa shape index (κ3) is 4.87. The highest BCUT2D eigenvalue weighted by Gasteiger charge is 2.20. The number of pyridine rings is 1. The van der Waals surface area contributed by atoms with Crippen LogP contribution in [0.3, 0.4) is 0 Å². The summed E-state index contributed by atoms with van der Waals surface area (Å²) in [6.07, 6.45) is -0.453. The molecule has 0 saturated heterocycles. The van der Waals surface area contributed by atoms with Crippen molar-refractivity contribution in [2.75, 3.05) is 7.11 Å². The Morgan fingerprint density at radius 3 is 2.31 bits per heavy atom. The summed E-state index contributed by atoms with van der Waals surface area (Å²) >= 11 is 0. The number of alkyl carbamates (subject to hydrolysis) is 1. The molecule has 4 aromatic rings. The number of benzene rings is 3. The van der Waals surface area contributed by atoms with Crippen LogP contribution < -0.4 is 15.6 Å². The van der Waals surface area contributed by atoms with E-state index in [0.717, 1.165) is 49.9 Å². The molecule has 0 radical (unpaired) electrons. The smallest absolute Gasteiger partial charge is 0.408 e. The maximum atomic E-state index is 12.8. The number of nitrogens with one attached hydrogen (secondary N) is 2. The Bertz CT molecular complexity index is 1480. The molecule has 1 amide bonds. The van der Waals surface area contributed by atoms with E-state index in [9.17, 15) is 9.59 Å². The summed E-state index contributed by atoms with van der Waals surface area (Å²) in [5.74, 6) is 0.734. The van der Waals surface area contributed by atoms with E-state index in [0.29, 0.717) is 5.39 Å². The fourth-order valence-corrected chi connectivity index (χ4v) is 4.41. The fraction of sp³-hybridized carbons (Fsp3) is 0.310. The molecule has 1 aromatic heterocycles. The maximum absolute atomic E-state index is 12.8. The maximum Gasteiger partial charge on any atom is 0.408 e. The molecule has 6 heteroatoms. The van der Waals surface area contributed by atoms with Gasteiger partial charge in [0.15, 0.2) is 0 Å². The third-order valence-electron chi connectivity index (χ3n) is 6.07. The van der Waals surface area contributed by atoms with Crippen molar-refractivity contribution in [2.24, 2.45) is 0 Å². The number of rotatable bonds is 4. The fourth-order valence-electron chi connectivity index (χ4n) is 4.41. The Kier molecular flexibility index (Phi) is 6.32. The normalized spacial score (nSPS) is 12.5. The molecule has 0 fully saturated rings. The molecule has 0 aliphatic rings. The minimum absolute atomic E-state index is 0.107. The molecule has 0 bridgehead atoms. The first-order valence-corrected chi connectivity index (χ1v) is 11.7. The van der Waals surface area contributed by atoms with Gasteiger partial charge in [-0.15, -0.1) is 0 Å². The predicted molar refractivity (Wildman–Crippen MR) is 141 cm³/mol. The Hall–Kier alpha value is -3.80. The number of methoxy groups -OCH3 is 1. The Labute approximate surface area is 205 Å². The standard InChI is InChI=1S/C29H32N2O4/c1-16-8-13-21-22(14-16)25-24(23(34-7)15-17(2)26(25)31-27(21)32)20-11-9-19(10-12-20)18(3)30-28(33)35-29(4,5)6/h8-15,18H,1-7H3,(H,30,33)(H,31,32)/t18-/m1/s1. The summed E-state index contributed by atoms with van der Waals surface area (Å²) in [6.45, 7) is 11.4. The molecule has 3 aromatic carbocycles. The van der Waals surface area contributed by atoms with Gasteiger partial charge in [-0.3, -0.25) is 4.79 Å². The second-order valence-corrected chi connectivity index (χ2v) is 10.0. The lowest BCUT2D eigenvalue weighted by Crippen LogP contribution is -2.34. The van der Waals surface area contributed by atoms with Crippen molar-refractivity contribution in [1.29, 1.82) is 0 Å². The molecule has 1 heterocycles. The number of carbonyl (C=O) groups is 1. The molecule has 6 nitrogen and oxygen atoms in total. The largest absolute Gasteiger partial charge is 0.496 e. The summed E-state index contributed by atoms with van der Waals surface area (Å²) in [5.41, 5.74) is 4.97. The van der Waals surface area contributed by atoms with Crippen molar-refractivity contribution < 1.29 is 14.3 Å². The Morgan fingerprint density at radius 1 is 1.00 bits per heavy atom. The lowest BCUT2D eigenvalue weighted by Gasteiger charge is -2.22. The SMILES string of the molecule is COc1cc(C)c2[nH]c(=O)c3ccc(C)cc3c2c1-c1ccc([C@@H](C)NC(=O)OC(C)(C)C)cc1. The quantitative estimate of drug-likeness (QED) is 0.330. The Balaban J connectivity index is 1.84. The number of aryl methyl sites for hydroxylation is 2. The molecule has 0 unspecified atom stereocenters. The van der Waals surface area contributed by atoms with Crippen molar-refractivity contribution in [3.63, 3.8) is 0 Å². The van der Waals surface area contributed by atoms with Crippen molar-refractivity contribution in [2.45, 2.75) is 53.2 Å². The van der Waals surface area contributed by atoms with Gasteiger partial charge in [-0.25, -0.2) is 4.79 Å². The second-order valence-electron chi connectivity index (χ2n) is 10.0. The summed E-state index contributed by atoms with van der Waals surface area (Å²) in [5, 5.41) is 5.37. The van der Waals surface area contributed by atoms with Crippen LogP contribution in [0, 0.1) is 13.8 Å². The van der Waals surface area contributed by atoms with Crippen molar-refractivity contribution in [3.05, 3.63) is 75.6 Å². The van der Waals surface area contributed by atoms with E-state index in [1.54, 1.807) is 7.11 Å². The number of hydrogen-bond acceptors (Lipinski definition) is 4. The molecule has 4 rings (SSSR count). The number of carbonyl (C=O) groups excluding carboxylic acids is 1. The van der Waals surface area contributed by atoms with Gasteiger partial charge in [-0.05, 0) is 75.8 Å². The monoisotopic (exact) mass is 472 g/mol. The molecule has 0 aliphatic carbocycles. The van der Waals surface area contributed by atoms with Gasteiger partial charge in [0.05, 0.1) is 18.7 Å². The van der Waals surface area contributed by atoms with Crippen LogP contribution in [0.1, 0.15) is 50.4 Å². The Morgan fingerprint density at radius 2 is 1.69 bits per heavy atom. The summed E-state index contributed by atoms with van der Waals surface area (Å²) in [4.78, 5) is 28.1. The zero-order valence-corrected chi connectivity index (χ0v) is 21.3. The summed E-state index contributed by atoms with van der Waals surface area (Å²) in [6, 6.07) is 15.6. The van der Waals surface area contributed by atoms with Gasteiger partial charge in [0.2, 0.25) is 0 Å². The van der Waals surface area contributed by atoms with Crippen LogP contribution in [-0.2, 0) is 4.74 Å². The molecule has 2 N–H and O–H groups in total. The minimum atomic E-state index is -0.557. The third-order valence-corrected chi connectivity index (χ3v) is 6.07. The van der Waals surface area contributed by atoms with Crippen LogP contribution >= 0.6 is 0 Å². The van der Waals surface area contributed by atoms with Crippen LogP contribution in [-0.4, -0.2) is 23.8 Å². The second kappa shape index (κ2) is 9.10. The van der Waals surface area contributed by atoms with Gasteiger partial charge >= 0.3 is 6.09 Å². The topological polar surface area (TPSA) is 80.4 Å². The van der Waals surface area contributed by atoms with E-state index in [2.05, 4.69) is 16.4 Å². The van der Waals surface area contributed by atoms with Crippen LogP contribution in [0.5, 0.6) is 5.75 Å². The highest BCUT2D eigenvalue weighted by Crippen LogP contribution is 2.41. The number of amides is 1. The van der Waals surface area contributed by atoms with Crippen LogP contribution in [0.4, 0.5) is 4.79 Å². The number of hydrogen-bond donors (Lipinski definition) is 2. The molecular weight excluding hydrogens is 440 g/mol. The molecule has 0 aliphatic heterocycles. The van der Waals surface area contributed by atoms with Crippen LogP contribution in [0.25, 0.3) is 32.8 Å². The number of aromatic nitrogens is 1. The van der Waals surface area contributed by atoms with Gasteiger partial charge in [-0.2, -0.15) is 0 Å². The van der Waals surface area contributed by atoms with Gasteiger partial charge in [-0.1, -0.05) is 42.0 Å². The van der Waals surface area contributed by atoms with Crippen molar-refractivity contribution >= 4 is 27.8 Å². The molecular formula is C29H32N2O4. The average Bonchev–Trinajstić information content (AvgIpc) is 2.78. The average molecular weight is 473 g/mol. The van der Waals surface area contributed by atoms with Crippen molar-refractivity contribution in [1.82, 2.24) is 10.3 Å². The minimum Gasteiger partial charge on any atom is -0.496 e. The summed E-state index contributed by atoms with van der Waals surface area (Å²) in [7, 11) is 1.66. The van der Waals surface area contributed by atoms with Crippen LogP contribution in [0.2, 0.25) is 0 Å². The number of fused-ring (bicyclic) bond motifs is 3. The van der Waals surface area contributed by atoms with E-state index in [-0.39, 0.29) is 11.6 Å². The first-order chi connectivity index (χ1) is 16.5. The van der Waals surface area contributed by atoms with E-state index in [1.807, 2.05) is 84.0 Å². The van der Waals surface area contributed by atoms with Gasteiger partial charge in [0.25, 0.3) is 5.56 Å². The highest BCUT2D eigenvalue weighted by atomic mass is 16.6. The van der Waals surface area contributed by atoms with Gasteiger partial charge in [0.1, 0.15) is 11.4 Å². The van der Waals surface area contributed by atoms with Gasteiger partial charge in [0, 0.05) is 16.3 Å². The van der Waals surface area contributed by atoms with E-state index in [4.69, 9.17) is 9.47 Å². The number of aromatic amines is 1. The molecule has 35 heavy (non-hydrogen) atoms. The highest BCUT2D eigenvalue weighted by molar-refractivity contribution is 6.15. The number of ether oxygens (including phenoxy) is 2.